The van der Waals surface area contributed by atoms with Crippen LogP contribution in [0.2, 0.25) is 5.02 Å². The minimum absolute atomic E-state index is 0.0965. The van der Waals surface area contributed by atoms with Crippen LogP contribution in [0.3, 0.4) is 0 Å². The Morgan fingerprint density at radius 2 is 1.78 bits per heavy atom. The van der Waals surface area contributed by atoms with Gasteiger partial charge in [-0.25, -0.2) is 8.42 Å². The smallest absolute Gasteiger partial charge is 0.310 e. The molecule has 0 aliphatic heterocycles. The topological polar surface area (TPSA) is 80.8 Å². The lowest BCUT2D eigenvalue weighted by atomic mass is 10.0. The molecule has 1 saturated carbocycles. The first kappa shape index (κ1) is 21.7. The van der Waals surface area contributed by atoms with Crippen LogP contribution < -0.4 is 0 Å². The van der Waals surface area contributed by atoms with Crippen molar-refractivity contribution >= 4 is 33.3 Å². The quantitative estimate of drug-likeness (QED) is 0.639. The second kappa shape index (κ2) is 8.61. The average molecular weight is 416 g/mol. The summed E-state index contributed by atoms with van der Waals surface area (Å²) in [5.74, 6) is -1.40. The van der Waals surface area contributed by atoms with Gasteiger partial charge in [0.1, 0.15) is 0 Å². The molecule has 1 aliphatic rings. The highest BCUT2D eigenvalue weighted by atomic mass is 35.5. The maximum absolute atomic E-state index is 13.4. The Bertz CT molecular complexity index is 785. The molecule has 0 saturated heterocycles. The number of benzene rings is 1. The molecular weight excluding hydrogens is 390 g/mol. The van der Waals surface area contributed by atoms with E-state index in [0.29, 0.717) is 24.4 Å². The molecule has 27 heavy (non-hydrogen) atoms. The second-order valence-electron chi connectivity index (χ2n) is 6.93. The van der Waals surface area contributed by atoms with Crippen LogP contribution in [0.5, 0.6) is 0 Å². The van der Waals surface area contributed by atoms with E-state index < -0.39 is 32.4 Å². The number of amides is 1. The van der Waals surface area contributed by atoms with Crippen molar-refractivity contribution in [2.45, 2.75) is 49.2 Å². The number of hydrogen-bond donors (Lipinski definition) is 0. The molecule has 150 valence electrons. The molecule has 1 unspecified atom stereocenters. The maximum atomic E-state index is 13.4. The summed E-state index contributed by atoms with van der Waals surface area (Å²) in [6.45, 7) is 3.88. The molecule has 1 aromatic carbocycles. The fourth-order valence-corrected chi connectivity index (χ4v) is 5.89. The van der Waals surface area contributed by atoms with Gasteiger partial charge in [-0.05, 0) is 44.0 Å². The highest BCUT2D eigenvalue weighted by Crippen LogP contribution is 2.42. The van der Waals surface area contributed by atoms with E-state index in [0.717, 1.165) is 0 Å². The van der Waals surface area contributed by atoms with E-state index in [-0.39, 0.29) is 24.3 Å². The highest BCUT2D eigenvalue weighted by Gasteiger charge is 2.54. The number of ether oxygens (including phenoxy) is 1. The molecule has 0 heterocycles. The van der Waals surface area contributed by atoms with Crippen LogP contribution in [0.15, 0.2) is 29.2 Å². The standard InChI is InChI=1S/C19H26ClNO5S/c1-4-21(13-14(2)17(22)26-3)18(23)19(11-5-6-12-19)27(24,25)16-9-7-15(20)8-10-16/h7-10,14H,4-6,11-13H2,1-3H3. The number of methoxy groups -OCH3 is 1. The Hall–Kier alpha value is -1.60. The van der Waals surface area contributed by atoms with Crippen LogP contribution in [0.25, 0.3) is 0 Å². The number of carbonyl (C=O) groups is 2. The molecule has 6 nitrogen and oxygen atoms in total. The highest BCUT2D eigenvalue weighted by molar-refractivity contribution is 7.93. The molecule has 0 radical (unpaired) electrons. The third-order valence-corrected chi connectivity index (χ3v) is 7.96. The molecule has 1 fully saturated rings. The van der Waals surface area contributed by atoms with Crippen molar-refractivity contribution in [3.05, 3.63) is 29.3 Å². The molecule has 0 bridgehead atoms. The van der Waals surface area contributed by atoms with E-state index in [1.807, 2.05) is 0 Å². The summed E-state index contributed by atoms with van der Waals surface area (Å²) < 4.78 is 30.1. The first-order valence-electron chi connectivity index (χ1n) is 9.07. The molecule has 2 rings (SSSR count). The summed E-state index contributed by atoms with van der Waals surface area (Å²) in [6, 6.07) is 5.91. The fraction of sp³-hybridized carbons (Fsp3) is 0.579. The average Bonchev–Trinajstić information content (AvgIpc) is 3.16. The predicted octanol–water partition coefficient (Wildman–Crippen LogP) is 3.08. The lowest BCUT2D eigenvalue weighted by Crippen LogP contribution is -2.53. The zero-order chi connectivity index (χ0) is 20.2. The lowest BCUT2D eigenvalue weighted by Gasteiger charge is -2.34. The summed E-state index contributed by atoms with van der Waals surface area (Å²) in [4.78, 5) is 26.7. The minimum atomic E-state index is -3.90. The van der Waals surface area contributed by atoms with E-state index in [9.17, 15) is 18.0 Å². The molecule has 1 aromatic rings. The van der Waals surface area contributed by atoms with Gasteiger partial charge in [-0.15, -0.1) is 0 Å². The van der Waals surface area contributed by atoms with Gasteiger partial charge in [-0.2, -0.15) is 0 Å². The molecule has 8 heteroatoms. The molecule has 0 N–H and O–H groups in total. The van der Waals surface area contributed by atoms with Gasteiger partial charge in [0.2, 0.25) is 5.91 Å². The Morgan fingerprint density at radius 3 is 2.26 bits per heavy atom. The van der Waals surface area contributed by atoms with Gasteiger partial charge >= 0.3 is 5.97 Å². The Kier molecular flexibility index (Phi) is 6.92. The Balaban J connectivity index is 2.40. The van der Waals surface area contributed by atoms with Crippen molar-refractivity contribution in [2.75, 3.05) is 20.2 Å². The van der Waals surface area contributed by atoms with Gasteiger partial charge < -0.3 is 9.64 Å². The normalized spacial score (nSPS) is 17.3. The number of carbonyl (C=O) groups excluding carboxylic acids is 2. The molecule has 0 spiro atoms. The van der Waals surface area contributed by atoms with Crippen LogP contribution in [-0.4, -0.2) is 50.1 Å². The van der Waals surface area contributed by atoms with Crippen molar-refractivity contribution in [3.63, 3.8) is 0 Å². The number of nitrogens with zero attached hydrogens (tertiary/aromatic N) is 1. The van der Waals surface area contributed by atoms with Crippen molar-refractivity contribution < 1.29 is 22.7 Å². The largest absolute Gasteiger partial charge is 0.469 e. The van der Waals surface area contributed by atoms with E-state index >= 15 is 0 Å². The van der Waals surface area contributed by atoms with Gasteiger partial charge in [-0.1, -0.05) is 31.4 Å². The maximum Gasteiger partial charge on any atom is 0.310 e. The first-order chi connectivity index (χ1) is 12.7. The minimum Gasteiger partial charge on any atom is -0.469 e. The van der Waals surface area contributed by atoms with Crippen molar-refractivity contribution in [3.8, 4) is 0 Å². The van der Waals surface area contributed by atoms with E-state index in [1.165, 1.54) is 36.3 Å². The van der Waals surface area contributed by atoms with Gasteiger partial charge in [0.15, 0.2) is 14.6 Å². The molecule has 0 aromatic heterocycles. The van der Waals surface area contributed by atoms with E-state index in [1.54, 1.807) is 13.8 Å². The number of halogens is 1. The Labute approximate surface area is 165 Å². The Morgan fingerprint density at radius 1 is 1.22 bits per heavy atom. The van der Waals surface area contributed by atoms with Crippen LogP contribution in [0, 0.1) is 5.92 Å². The van der Waals surface area contributed by atoms with Gasteiger partial charge in [0.05, 0.1) is 17.9 Å². The van der Waals surface area contributed by atoms with Crippen molar-refractivity contribution in [2.24, 2.45) is 5.92 Å². The third-order valence-electron chi connectivity index (χ3n) is 5.21. The van der Waals surface area contributed by atoms with Crippen molar-refractivity contribution in [1.82, 2.24) is 4.90 Å². The summed E-state index contributed by atoms with van der Waals surface area (Å²) in [5, 5.41) is 0.433. The molecule has 1 atom stereocenters. The number of sulfone groups is 1. The zero-order valence-electron chi connectivity index (χ0n) is 15.9. The number of esters is 1. The van der Waals surface area contributed by atoms with Crippen LogP contribution >= 0.6 is 11.6 Å². The summed E-state index contributed by atoms with van der Waals surface area (Å²) >= 11 is 5.88. The summed E-state index contributed by atoms with van der Waals surface area (Å²) in [5.41, 5.74) is 0. The molecule has 1 aliphatic carbocycles. The van der Waals surface area contributed by atoms with Gasteiger partial charge in [0.25, 0.3) is 0 Å². The molecule has 1 amide bonds. The van der Waals surface area contributed by atoms with Crippen molar-refractivity contribution in [1.29, 1.82) is 0 Å². The number of hydrogen-bond acceptors (Lipinski definition) is 5. The third kappa shape index (κ3) is 4.14. The first-order valence-corrected chi connectivity index (χ1v) is 10.9. The van der Waals surface area contributed by atoms with E-state index in [4.69, 9.17) is 16.3 Å². The molecular formula is C19H26ClNO5S. The SMILES string of the molecule is CCN(CC(C)C(=O)OC)C(=O)C1(S(=O)(=O)c2ccc(Cl)cc2)CCCC1. The van der Waals surface area contributed by atoms with Crippen LogP contribution in [0.1, 0.15) is 39.5 Å². The summed E-state index contributed by atoms with van der Waals surface area (Å²) in [6.07, 6.45) is 1.89. The lowest BCUT2D eigenvalue weighted by molar-refractivity contribution is -0.146. The van der Waals surface area contributed by atoms with E-state index in [2.05, 4.69) is 0 Å². The second-order valence-corrected chi connectivity index (χ2v) is 9.62. The van der Waals surface area contributed by atoms with Gasteiger partial charge in [0, 0.05) is 18.1 Å². The number of rotatable bonds is 7. The fourth-order valence-electron chi connectivity index (χ4n) is 3.63. The monoisotopic (exact) mass is 415 g/mol. The zero-order valence-corrected chi connectivity index (χ0v) is 17.5. The van der Waals surface area contributed by atoms with Crippen LogP contribution in [0.4, 0.5) is 0 Å². The van der Waals surface area contributed by atoms with Crippen LogP contribution in [-0.2, 0) is 24.2 Å². The summed E-state index contributed by atoms with van der Waals surface area (Å²) in [7, 11) is -2.61. The predicted molar refractivity (Wildman–Crippen MR) is 103 cm³/mol. The van der Waals surface area contributed by atoms with Gasteiger partial charge in [-0.3, -0.25) is 9.59 Å².